The van der Waals surface area contributed by atoms with E-state index in [1.165, 1.54) is 6.92 Å². The largest absolute Gasteiger partial charge is 0.396 e. The van der Waals surface area contributed by atoms with Crippen molar-refractivity contribution in [1.82, 2.24) is 10.6 Å². The van der Waals surface area contributed by atoms with Gasteiger partial charge in [-0.1, -0.05) is 26.0 Å². The molecule has 1 amide bonds. The van der Waals surface area contributed by atoms with Crippen molar-refractivity contribution in [2.45, 2.75) is 53.5 Å². The van der Waals surface area contributed by atoms with E-state index < -0.39 is 0 Å². The van der Waals surface area contributed by atoms with Gasteiger partial charge in [0.25, 0.3) is 0 Å². The molecule has 0 aliphatic heterocycles. The normalized spacial score (nSPS) is 12.0. The summed E-state index contributed by atoms with van der Waals surface area (Å²) in [4.78, 5) is 15.8. The second kappa shape index (κ2) is 11.5. The summed E-state index contributed by atoms with van der Waals surface area (Å²) >= 11 is 0. The van der Waals surface area contributed by atoms with Crippen LogP contribution in [0.25, 0.3) is 0 Å². The smallest absolute Gasteiger partial charge is 0.221 e. The average molecular weight is 363 g/mol. The number of nitrogens with one attached hydrogen (secondary N) is 3. The third-order valence-electron chi connectivity index (χ3n) is 4.78. The van der Waals surface area contributed by atoms with Crippen LogP contribution in [0, 0.1) is 5.41 Å². The Hall–Kier alpha value is -2.08. The molecule has 0 spiro atoms. The first-order valence-corrected chi connectivity index (χ1v) is 9.48. The maximum atomic E-state index is 11.2. The number of nitrogens with zero attached hydrogens (tertiary/aromatic N) is 1. The van der Waals surface area contributed by atoms with Crippen molar-refractivity contribution in [2.24, 2.45) is 10.4 Å². The van der Waals surface area contributed by atoms with Gasteiger partial charge in [-0.25, -0.2) is 4.99 Å². The molecule has 0 aliphatic rings. The van der Waals surface area contributed by atoms with Gasteiger partial charge >= 0.3 is 0 Å². The predicted molar refractivity (Wildman–Crippen MR) is 108 cm³/mol. The second-order valence-corrected chi connectivity index (χ2v) is 6.61. The predicted octanol–water partition coefficient (Wildman–Crippen LogP) is 2.89. The molecule has 0 heterocycles. The number of rotatable bonds is 10. The first-order valence-electron chi connectivity index (χ1n) is 9.48. The molecule has 1 rings (SSSR count). The highest BCUT2D eigenvalue weighted by molar-refractivity contribution is 5.88. The molecular formula is C20H34N4O2. The van der Waals surface area contributed by atoms with Crippen molar-refractivity contribution < 1.29 is 9.90 Å². The molecule has 0 fully saturated rings. The Labute approximate surface area is 157 Å². The number of anilines is 1. The molecule has 0 saturated heterocycles. The van der Waals surface area contributed by atoms with Crippen molar-refractivity contribution >= 4 is 17.6 Å². The van der Waals surface area contributed by atoms with E-state index in [9.17, 15) is 9.90 Å². The number of amides is 1. The molecule has 1 aromatic carbocycles. The lowest BCUT2D eigenvalue weighted by atomic mass is 9.79. The molecule has 0 radical (unpaired) electrons. The Bertz CT molecular complexity index is 583. The molecular weight excluding hydrogens is 328 g/mol. The number of carbonyl (C=O) groups is 1. The highest BCUT2D eigenvalue weighted by atomic mass is 16.3. The van der Waals surface area contributed by atoms with Gasteiger partial charge in [-0.2, -0.15) is 0 Å². The molecule has 4 N–H and O–H groups in total. The number of carbonyl (C=O) groups excluding carboxylic acids is 1. The lowest BCUT2D eigenvalue weighted by molar-refractivity contribution is -0.114. The summed E-state index contributed by atoms with van der Waals surface area (Å²) in [6.45, 7) is 10.1. The molecule has 146 valence electrons. The van der Waals surface area contributed by atoms with Crippen LogP contribution in [-0.4, -0.2) is 36.7 Å². The van der Waals surface area contributed by atoms with E-state index in [4.69, 9.17) is 0 Å². The van der Waals surface area contributed by atoms with E-state index in [1.54, 1.807) is 0 Å². The molecule has 0 bridgehead atoms. The summed E-state index contributed by atoms with van der Waals surface area (Å²) in [7, 11) is 0. The Kier molecular flexibility index (Phi) is 9.73. The topological polar surface area (TPSA) is 85.8 Å². The molecule has 6 heteroatoms. The molecule has 0 aromatic heterocycles. The minimum Gasteiger partial charge on any atom is -0.396 e. The van der Waals surface area contributed by atoms with Crippen LogP contribution in [0.15, 0.2) is 29.3 Å². The SMILES string of the molecule is CCNC(=NCc1cccc(NC(C)=O)c1)NCC(CC)(CC)CCO. The fourth-order valence-electron chi connectivity index (χ4n) is 2.91. The van der Waals surface area contributed by atoms with Gasteiger partial charge in [-0.05, 0) is 49.3 Å². The fourth-order valence-corrected chi connectivity index (χ4v) is 2.91. The summed E-state index contributed by atoms with van der Waals surface area (Å²) in [6.07, 6.45) is 2.80. The summed E-state index contributed by atoms with van der Waals surface area (Å²) in [5, 5.41) is 18.9. The van der Waals surface area contributed by atoms with Crippen LogP contribution in [-0.2, 0) is 11.3 Å². The van der Waals surface area contributed by atoms with Crippen LogP contribution in [0.1, 0.15) is 52.5 Å². The number of hydrogen-bond donors (Lipinski definition) is 4. The monoisotopic (exact) mass is 362 g/mol. The summed E-state index contributed by atoms with van der Waals surface area (Å²) < 4.78 is 0. The van der Waals surface area contributed by atoms with Crippen LogP contribution < -0.4 is 16.0 Å². The molecule has 0 saturated carbocycles. The maximum Gasteiger partial charge on any atom is 0.221 e. The Morgan fingerprint density at radius 2 is 1.92 bits per heavy atom. The molecule has 0 unspecified atom stereocenters. The molecule has 6 nitrogen and oxygen atoms in total. The molecule has 26 heavy (non-hydrogen) atoms. The lowest BCUT2D eigenvalue weighted by Crippen LogP contribution is -2.43. The minimum absolute atomic E-state index is 0.0796. The zero-order valence-electron chi connectivity index (χ0n) is 16.6. The van der Waals surface area contributed by atoms with E-state index in [0.717, 1.165) is 49.6 Å². The zero-order valence-corrected chi connectivity index (χ0v) is 16.6. The van der Waals surface area contributed by atoms with Crippen molar-refractivity contribution in [3.05, 3.63) is 29.8 Å². The highest BCUT2D eigenvalue weighted by Crippen LogP contribution is 2.29. The third-order valence-corrected chi connectivity index (χ3v) is 4.78. The zero-order chi connectivity index (χ0) is 19.4. The van der Waals surface area contributed by atoms with Gasteiger partial charge in [-0.15, -0.1) is 0 Å². The minimum atomic E-state index is -0.0833. The first kappa shape index (κ1) is 22.0. The number of hydrogen-bond acceptors (Lipinski definition) is 3. The number of benzene rings is 1. The van der Waals surface area contributed by atoms with Crippen molar-refractivity contribution in [3.8, 4) is 0 Å². The van der Waals surface area contributed by atoms with E-state index in [2.05, 4.69) is 34.8 Å². The van der Waals surface area contributed by atoms with Crippen LogP contribution in [0.3, 0.4) is 0 Å². The van der Waals surface area contributed by atoms with Gasteiger partial charge in [0.1, 0.15) is 0 Å². The van der Waals surface area contributed by atoms with Crippen LogP contribution in [0.2, 0.25) is 0 Å². The van der Waals surface area contributed by atoms with Crippen molar-refractivity contribution in [1.29, 1.82) is 0 Å². The molecule has 0 aliphatic carbocycles. The van der Waals surface area contributed by atoms with E-state index in [-0.39, 0.29) is 17.9 Å². The van der Waals surface area contributed by atoms with Gasteiger partial charge in [0.2, 0.25) is 5.91 Å². The van der Waals surface area contributed by atoms with Gasteiger partial charge < -0.3 is 21.1 Å². The Morgan fingerprint density at radius 1 is 1.19 bits per heavy atom. The number of aliphatic imine (C=N–C) groups is 1. The number of aliphatic hydroxyl groups excluding tert-OH is 1. The summed E-state index contributed by atoms with van der Waals surface area (Å²) in [5.41, 5.74) is 1.89. The Morgan fingerprint density at radius 3 is 2.50 bits per heavy atom. The van der Waals surface area contributed by atoms with E-state index in [0.29, 0.717) is 6.54 Å². The average Bonchev–Trinajstić information content (AvgIpc) is 2.62. The van der Waals surface area contributed by atoms with Gasteiger partial charge in [0, 0.05) is 32.3 Å². The van der Waals surface area contributed by atoms with Crippen LogP contribution >= 0.6 is 0 Å². The molecule has 1 aromatic rings. The van der Waals surface area contributed by atoms with Crippen molar-refractivity contribution in [2.75, 3.05) is 25.0 Å². The van der Waals surface area contributed by atoms with Gasteiger partial charge in [0.05, 0.1) is 6.54 Å². The number of aliphatic hydroxyl groups is 1. The number of guanidine groups is 1. The van der Waals surface area contributed by atoms with Gasteiger partial charge in [0.15, 0.2) is 5.96 Å². The molecule has 0 atom stereocenters. The van der Waals surface area contributed by atoms with Crippen LogP contribution in [0.5, 0.6) is 0 Å². The first-order chi connectivity index (χ1) is 12.5. The Balaban J connectivity index is 2.78. The van der Waals surface area contributed by atoms with Crippen LogP contribution in [0.4, 0.5) is 5.69 Å². The third kappa shape index (κ3) is 7.44. The maximum absolute atomic E-state index is 11.2. The van der Waals surface area contributed by atoms with E-state index in [1.807, 2.05) is 31.2 Å². The summed E-state index contributed by atoms with van der Waals surface area (Å²) in [6, 6.07) is 7.70. The van der Waals surface area contributed by atoms with Gasteiger partial charge in [-0.3, -0.25) is 4.79 Å². The quantitative estimate of drug-likeness (QED) is 0.381. The lowest BCUT2D eigenvalue weighted by Gasteiger charge is -2.32. The summed E-state index contributed by atoms with van der Waals surface area (Å²) in [5.74, 6) is 0.682. The standard InChI is InChI=1S/C20H34N4O2/c1-5-20(6-2,11-12-25)15-23-19(21-7-3)22-14-17-9-8-10-18(13-17)24-16(4)26/h8-10,13,25H,5-7,11-12,14-15H2,1-4H3,(H,24,26)(H2,21,22,23). The van der Waals surface area contributed by atoms with E-state index >= 15 is 0 Å². The van der Waals surface area contributed by atoms with Crippen molar-refractivity contribution in [3.63, 3.8) is 0 Å². The second-order valence-electron chi connectivity index (χ2n) is 6.61. The fraction of sp³-hybridized carbons (Fsp3) is 0.600. The highest BCUT2D eigenvalue weighted by Gasteiger charge is 2.25.